The van der Waals surface area contributed by atoms with Gasteiger partial charge >= 0.3 is 98.4 Å². The standard InChI is InChI=1S/Ba.4ClH.2FH.Sn/h;6*1H;/q+2;;;;;;;+4/p-6. The third kappa shape index (κ3) is 57.5. The van der Waals surface area contributed by atoms with Crippen molar-refractivity contribution >= 4 is 98.4 Å². The summed E-state index contributed by atoms with van der Waals surface area (Å²) in [6.45, 7) is 0. The predicted molar refractivity (Wildman–Crippen MR) is 34.9 cm³/mol. The molecule has 0 bridgehead atoms. The number of hydrogen-bond donors (Lipinski definition) is 0. The van der Waals surface area contributed by atoms with Crippen molar-refractivity contribution < 1.29 is 9.41 Å². The summed E-state index contributed by atoms with van der Waals surface area (Å²) in [5.74, 6) is 0. The fourth-order valence-corrected chi connectivity index (χ4v) is 0. The summed E-state index contributed by atoms with van der Waals surface area (Å²) in [6, 6.07) is 0. The molecule has 0 amide bonds. The quantitative estimate of drug-likeness (QED) is 0.340. The third-order valence-corrected chi connectivity index (χ3v) is 0. The summed E-state index contributed by atoms with van der Waals surface area (Å²) in [7, 11) is 20.1. The van der Waals surface area contributed by atoms with Crippen molar-refractivity contribution in [3.63, 3.8) is 0 Å². The van der Waals surface area contributed by atoms with E-state index in [1.165, 1.54) is 0 Å². The topological polar surface area (TPSA) is 0 Å². The summed E-state index contributed by atoms with van der Waals surface area (Å²) >= 11 is -3.29. The molecule has 0 aromatic carbocycles. The molecule has 0 saturated heterocycles. The molecule has 0 nitrogen and oxygen atoms in total. The first-order valence-corrected chi connectivity index (χ1v) is 15.2. The molecule has 0 fully saturated rings. The van der Waals surface area contributed by atoms with Gasteiger partial charge in [-0.05, 0) is 0 Å². The van der Waals surface area contributed by atoms with E-state index in [1.54, 1.807) is 0 Å². The molecule has 0 unspecified atom stereocenters. The normalized spacial score (nSPS) is 7.50. The molecule has 48 valence electrons. The number of halogens is 6. The van der Waals surface area contributed by atoms with Crippen LogP contribution in [0.15, 0.2) is 0 Å². The molecule has 0 aliphatic heterocycles. The number of rotatable bonds is 0. The van der Waals surface area contributed by atoms with E-state index in [0.29, 0.717) is 0 Å². The summed E-state index contributed by atoms with van der Waals surface area (Å²) in [5.41, 5.74) is 0. The monoisotopic (exact) mass is 436 g/mol. The van der Waals surface area contributed by atoms with Crippen LogP contribution in [0.4, 0.5) is 0 Å². The van der Waals surface area contributed by atoms with Crippen LogP contribution in [0, 0.1) is 0 Å². The predicted octanol–water partition coefficient (Wildman–Crippen LogP) is -4.00. The van der Waals surface area contributed by atoms with Gasteiger partial charge < -0.3 is 9.41 Å². The zero-order valence-electron chi connectivity index (χ0n) is 3.47. The van der Waals surface area contributed by atoms with Crippen LogP contribution in [0.5, 0.6) is 0 Å². The van der Waals surface area contributed by atoms with Crippen LogP contribution in [0.3, 0.4) is 0 Å². The average Bonchev–Trinajstić information content (AvgIpc) is 0.722. The van der Waals surface area contributed by atoms with Crippen LogP contribution in [0.25, 0.3) is 0 Å². The van der Waals surface area contributed by atoms with Crippen molar-refractivity contribution in [2.45, 2.75) is 0 Å². The molecular formula is BaCl4F2Sn. The van der Waals surface area contributed by atoms with Gasteiger partial charge in [0, 0.05) is 0 Å². The van der Waals surface area contributed by atoms with Gasteiger partial charge in [-0.25, -0.2) is 0 Å². The molecule has 0 aromatic heterocycles. The van der Waals surface area contributed by atoms with Crippen molar-refractivity contribution in [1.82, 2.24) is 0 Å². The smallest absolute Gasteiger partial charge is 1.00 e. The first-order valence-electron chi connectivity index (χ1n) is 0.756. The molecule has 0 rings (SSSR count). The van der Waals surface area contributed by atoms with Crippen molar-refractivity contribution in [3.8, 4) is 0 Å². The van der Waals surface area contributed by atoms with Crippen LogP contribution in [0.2, 0.25) is 0 Å². The second-order valence-corrected chi connectivity index (χ2v) is 25.9. The summed E-state index contributed by atoms with van der Waals surface area (Å²) in [4.78, 5) is 0. The molecule has 0 N–H and O–H groups in total. The maximum atomic E-state index is 5.04. The Bertz CT molecular complexity index is 29.5. The molecular weight excluding hydrogens is 436 g/mol. The van der Waals surface area contributed by atoms with Gasteiger partial charge in [-0.2, -0.15) is 0 Å². The average molecular weight is 436 g/mol. The van der Waals surface area contributed by atoms with Crippen LogP contribution in [0.1, 0.15) is 0 Å². The molecule has 0 heterocycles. The summed E-state index contributed by atoms with van der Waals surface area (Å²) in [5, 5.41) is 0. The van der Waals surface area contributed by atoms with E-state index >= 15 is 0 Å². The van der Waals surface area contributed by atoms with Gasteiger partial charge in [0.1, 0.15) is 0 Å². The van der Waals surface area contributed by atoms with E-state index in [2.05, 4.69) is 0 Å². The Morgan fingerprint density at radius 1 is 0.750 bits per heavy atom. The van der Waals surface area contributed by atoms with E-state index < -0.39 is 13.9 Å². The second kappa shape index (κ2) is 10.4. The Labute approximate surface area is 105 Å². The molecule has 8 heavy (non-hydrogen) atoms. The summed E-state index contributed by atoms with van der Waals surface area (Å²) in [6.07, 6.45) is 0. The zero-order valence-corrected chi connectivity index (χ0v) is 13.8. The zero-order chi connectivity index (χ0) is 4.50. The Morgan fingerprint density at radius 3 is 0.750 bits per heavy atom. The van der Waals surface area contributed by atoms with Gasteiger partial charge in [-0.3, -0.25) is 0 Å². The van der Waals surface area contributed by atoms with Gasteiger partial charge in [-0.15, -0.1) is 0 Å². The molecule has 0 aliphatic rings. The fraction of sp³-hybridized carbons (Fsp3) is 0. The van der Waals surface area contributed by atoms with Gasteiger partial charge in [0.25, 0.3) is 0 Å². The van der Waals surface area contributed by atoms with Crippen molar-refractivity contribution in [2.24, 2.45) is 0 Å². The molecule has 0 aromatic rings. The van der Waals surface area contributed by atoms with E-state index in [9.17, 15) is 0 Å². The molecule has 0 spiro atoms. The minimum absolute atomic E-state index is 0. The molecule has 8 heteroatoms. The van der Waals surface area contributed by atoms with Crippen molar-refractivity contribution in [1.29, 1.82) is 0 Å². The molecule has 0 atom stereocenters. The first kappa shape index (κ1) is 22.5. The fourth-order valence-electron chi connectivity index (χ4n) is 0. The van der Waals surface area contributed by atoms with Gasteiger partial charge in [0.15, 0.2) is 0 Å². The van der Waals surface area contributed by atoms with E-state index in [1.807, 2.05) is 0 Å². The van der Waals surface area contributed by atoms with Gasteiger partial charge in [-0.1, -0.05) is 0 Å². The van der Waals surface area contributed by atoms with Gasteiger partial charge in [0.05, 0.1) is 0 Å². The summed E-state index contributed by atoms with van der Waals surface area (Å²) < 4.78 is 0. The van der Waals surface area contributed by atoms with E-state index in [4.69, 9.17) is 35.7 Å². The molecule has 0 aliphatic carbocycles. The van der Waals surface area contributed by atoms with E-state index in [-0.39, 0.29) is 58.3 Å². The van der Waals surface area contributed by atoms with Crippen molar-refractivity contribution in [3.05, 3.63) is 0 Å². The SMILES string of the molecule is [Ba+2].[Cl][Sn]([Cl])([Cl])[Cl].[F-].[F-]. The second-order valence-electron chi connectivity index (χ2n) is 0.429. The van der Waals surface area contributed by atoms with Crippen LogP contribution < -0.4 is 9.41 Å². The molecule has 0 saturated carbocycles. The Kier molecular flexibility index (Phi) is 29.2. The van der Waals surface area contributed by atoms with Crippen LogP contribution >= 0.6 is 35.7 Å². The molecule has 0 radical (unpaired) electrons. The Hall–Kier alpha value is 3.39. The maximum Gasteiger partial charge on any atom is -1.00 e. The minimum atomic E-state index is -3.29. The van der Waals surface area contributed by atoms with E-state index in [0.717, 1.165) is 0 Å². The van der Waals surface area contributed by atoms with Crippen LogP contribution in [-0.4, -0.2) is 62.8 Å². The third-order valence-electron chi connectivity index (χ3n) is 0. The van der Waals surface area contributed by atoms with Crippen molar-refractivity contribution in [2.75, 3.05) is 0 Å². The van der Waals surface area contributed by atoms with Crippen LogP contribution in [-0.2, 0) is 0 Å². The minimum Gasteiger partial charge on any atom is -1.00 e. The van der Waals surface area contributed by atoms with Gasteiger partial charge in [0.2, 0.25) is 0 Å². The first-order chi connectivity index (χ1) is 2.00. The maximum absolute atomic E-state index is 5.04. The largest absolute Gasteiger partial charge is 1.00 e. The Balaban J connectivity index is -0.0000000267. The Morgan fingerprint density at radius 2 is 0.750 bits per heavy atom. The number of hydrogen-bond acceptors (Lipinski definition) is 0.